The van der Waals surface area contributed by atoms with Gasteiger partial charge < -0.3 is 19.8 Å². The number of nitrogens with one attached hydrogen (secondary N) is 2. The fourth-order valence-electron chi connectivity index (χ4n) is 3.62. The molecule has 2 atom stereocenters. The van der Waals surface area contributed by atoms with Crippen molar-refractivity contribution in [1.29, 1.82) is 0 Å². The summed E-state index contributed by atoms with van der Waals surface area (Å²) in [7, 11) is 0. The molecule has 22 heavy (non-hydrogen) atoms. The molecule has 2 aliphatic rings. The van der Waals surface area contributed by atoms with Gasteiger partial charge in [0, 0.05) is 31.9 Å². The number of H-pyrrole nitrogens is 1. The van der Waals surface area contributed by atoms with Crippen LogP contribution in [-0.4, -0.2) is 46.4 Å². The van der Waals surface area contributed by atoms with Crippen LogP contribution < -0.4 is 5.32 Å². The second-order valence-corrected chi connectivity index (χ2v) is 6.28. The van der Waals surface area contributed by atoms with Gasteiger partial charge in [0.05, 0.1) is 17.6 Å². The minimum atomic E-state index is -0.0895. The van der Waals surface area contributed by atoms with E-state index < -0.39 is 0 Å². The van der Waals surface area contributed by atoms with Crippen LogP contribution in [0.15, 0.2) is 12.5 Å². The fourth-order valence-corrected chi connectivity index (χ4v) is 3.62. The van der Waals surface area contributed by atoms with Crippen molar-refractivity contribution in [2.24, 2.45) is 0 Å². The van der Waals surface area contributed by atoms with E-state index in [1.54, 1.807) is 6.33 Å². The summed E-state index contributed by atoms with van der Waals surface area (Å²) in [5.74, 6) is 0.934. The van der Waals surface area contributed by atoms with Crippen LogP contribution in [0.2, 0.25) is 0 Å². The zero-order valence-corrected chi connectivity index (χ0v) is 12.9. The molecule has 0 radical (unpaired) electrons. The van der Waals surface area contributed by atoms with E-state index in [1.807, 2.05) is 6.20 Å². The highest BCUT2D eigenvalue weighted by Crippen LogP contribution is 2.34. The third-order valence-corrected chi connectivity index (χ3v) is 4.83. The van der Waals surface area contributed by atoms with Gasteiger partial charge in [-0.25, -0.2) is 9.97 Å². The zero-order chi connectivity index (χ0) is 15.0. The maximum absolute atomic E-state index is 6.01. The topological polar surface area (TPSA) is 72.1 Å². The molecule has 2 aromatic heterocycles. The van der Waals surface area contributed by atoms with E-state index in [0.29, 0.717) is 12.6 Å². The average molecular weight is 302 g/mol. The van der Waals surface area contributed by atoms with Crippen molar-refractivity contribution in [3.8, 4) is 0 Å². The van der Waals surface area contributed by atoms with E-state index in [1.165, 1.54) is 5.56 Å². The molecule has 0 aliphatic carbocycles. The second-order valence-electron chi connectivity index (χ2n) is 6.28. The van der Waals surface area contributed by atoms with E-state index in [2.05, 4.69) is 27.2 Å². The van der Waals surface area contributed by atoms with E-state index in [0.717, 1.165) is 55.7 Å². The molecule has 2 saturated heterocycles. The first-order chi connectivity index (χ1) is 10.8. The summed E-state index contributed by atoms with van der Waals surface area (Å²) < 4.78 is 11.6. The Morgan fingerprint density at radius 2 is 2.36 bits per heavy atom. The monoisotopic (exact) mass is 302 g/mol. The van der Waals surface area contributed by atoms with Crippen LogP contribution in [0.1, 0.15) is 31.7 Å². The molecule has 118 valence electrons. The van der Waals surface area contributed by atoms with E-state index >= 15 is 0 Å². The van der Waals surface area contributed by atoms with Crippen LogP contribution in [0, 0.1) is 0 Å². The van der Waals surface area contributed by atoms with Gasteiger partial charge in [0.2, 0.25) is 0 Å². The molecule has 2 N–H and O–H groups in total. The maximum atomic E-state index is 6.01. The number of aryl methyl sites for hydroxylation is 1. The lowest BCUT2D eigenvalue weighted by atomic mass is 9.89. The molecular weight excluding hydrogens is 280 g/mol. The Hall–Kier alpha value is -1.66. The first-order valence-electron chi connectivity index (χ1n) is 8.09. The van der Waals surface area contributed by atoms with Gasteiger partial charge in [-0.05, 0) is 24.8 Å². The summed E-state index contributed by atoms with van der Waals surface area (Å²) in [6.07, 6.45) is 7.58. The molecule has 0 bridgehead atoms. The molecule has 4 heterocycles. The zero-order valence-electron chi connectivity index (χ0n) is 12.9. The number of hydrogen-bond acceptors (Lipinski definition) is 5. The first-order valence-corrected chi connectivity index (χ1v) is 8.09. The van der Waals surface area contributed by atoms with Gasteiger partial charge in [-0.15, -0.1) is 0 Å². The minimum Gasteiger partial charge on any atom is -0.378 e. The summed E-state index contributed by atoms with van der Waals surface area (Å²) >= 11 is 0. The smallest absolute Gasteiger partial charge is 0.143 e. The van der Waals surface area contributed by atoms with Gasteiger partial charge in [-0.3, -0.25) is 0 Å². The number of nitrogens with zero attached hydrogens (tertiary/aromatic N) is 2. The van der Waals surface area contributed by atoms with Gasteiger partial charge in [-0.1, -0.05) is 6.92 Å². The second kappa shape index (κ2) is 5.52. The van der Waals surface area contributed by atoms with Crippen LogP contribution in [0.4, 0.5) is 5.82 Å². The van der Waals surface area contributed by atoms with Crippen molar-refractivity contribution in [2.45, 2.75) is 44.2 Å². The standard InChI is InChI=1S/C16H22N4O2/c1-2-11-8-17-14-13(11)15(19-10-18-14)20-12-3-5-22-16(7-12)4-6-21-9-16/h8,10,12H,2-7,9H2,1H3,(H2,17,18,19,20). The Kier molecular flexibility index (Phi) is 3.50. The van der Waals surface area contributed by atoms with Crippen LogP contribution in [0.5, 0.6) is 0 Å². The Labute approximate surface area is 129 Å². The molecule has 6 heteroatoms. The van der Waals surface area contributed by atoms with Gasteiger partial charge in [0.1, 0.15) is 17.8 Å². The van der Waals surface area contributed by atoms with Crippen molar-refractivity contribution in [1.82, 2.24) is 15.0 Å². The number of fused-ring (bicyclic) bond motifs is 1. The molecule has 6 nitrogen and oxygen atoms in total. The molecule has 2 aliphatic heterocycles. The van der Waals surface area contributed by atoms with Crippen molar-refractivity contribution in [2.75, 3.05) is 25.1 Å². The largest absolute Gasteiger partial charge is 0.378 e. The molecule has 0 saturated carbocycles. The summed E-state index contributed by atoms with van der Waals surface area (Å²) in [6, 6.07) is 0.369. The highest BCUT2D eigenvalue weighted by atomic mass is 16.6. The van der Waals surface area contributed by atoms with Crippen molar-refractivity contribution in [3.05, 3.63) is 18.1 Å². The number of ether oxygens (including phenoxy) is 2. The molecule has 0 aromatic carbocycles. The van der Waals surface area contributed by atoms with Crippen LogP contribution in [0.3, 0.4) is 0 Å². The molecule has 4 rings (SSSR count). The number of aromatic amines is 1. The van der Waals surface area contributed by atoms with Crippen molar-refractivity contribution in [3.63, 3.8) is 0 Å². The summed E-state index contributed by atoms with van der Waals surface area (Å²) in [5.41, 5.74) is 2.07. The highest BCUT2D eigenvalue weighted by molar-refractivity contribution is 5.90. The lowest BCUT2D eigenvalue weighted by molar-refractivity contribution is -0.0828. The SMILES string of the molecule is CCc1c[nH]c2ncnc(NC3CCOC4(CCOC4)C3)c12. The maximum Gasteiger partial charge on any atom is 0.143 e. The van der Waals surface area contributed by atoms with Gasteiger partial charge in [0.25, 0.3) is 0 Å². The van der Waals surface area contributed by atoms with Gasteiger partial charge >= 0.3 is 0 Å². The minimum absolute atomic E-state index is 0.0895. The van der Waals surface area contributed by atoms with Gasteiger partial charge in [0.15, 0.2) is 0 Å². The number of anilines is 1. The van der Waals surface area contributed by atoms with E-state index in [9.17, 15) is 0 Å². The summed E-state index contributed by atoms with van der Waals surface area (Å²) in [5, 5.41) is 4.75. The van der Waals surface area contributed by atoms with Gasteiger partial charge in [-0.2, -0.15) is 0 Å². The van der Waals surface area contributed by atoms with Crippen LogP contribution in [0.25, 0.3) is 11.0 Å². The Morgan fingerprint density at radius 1 is 1.41 bits per heavy atom. The Balaban J connectivity index is 1.59. The quantitative estimate of drug-likeness (QED) is 0.910. The van der Waals surface area contributed by atoms with E-state index in [4.69, 9.17) is 9.47 Å². The fraction of sp³-hybridized carbons (Fsp3) is 0.625. The van der Waals surface area contributed by atoms with E-state index in [-0.39, 0.29) is 5.60 Å². The molecule has 1 spiro atoms. The predicted octanol–water partition coefficient (Wildman–Crippen LogP) is 2.27. The Bertz CT molecular complexity index is 663. The number of hydrogen-bond donors (Lipinski definition) is 2. The van der Waals surface area contributed by atoms with Crippen molar-refractivity contribution >= 4 is 16.9 Å². The lowest BCUT2D eigenvalue weighted by Crippen LogP contribution is -2.45. The predicted molar refractivity (Wildman–Crippen MR) is 84.0 cm³/mol. The molecule has 2 fully saturated rings. The summed E-state index contributed by atoms with van der Waals surface area (Å²) in [6.45, 7) is 4.46. The lowest BCUT2D eigenvalue weighted by Gasteiger charge is -2.37. The van der Waals surface area contributed by atoms with Crippen molar-refractivity contribution < 1.29 is 9.47 Å². The van der Waals surface area contributed by atoms with Crippen LogP contribution >= 0.6 is 0 Å². The number of rotatable bonds is 3. The summed E-state index contributed by atoms with van der Waals surface area (Å²) in [4.78, 5) is 12.0. The normalized spacial score (nSPS) is 28.5. The third-order valence-electron chi connectivity index (χ3n) is 4.83. The third kappa shape index (κ3) is 2.36. The highest BCUT2D eigenvalue weighted by Gasteiger charge is 2.41. The molecular formula is C16H22N4O2. The molecule has 2 aromatic rings. The molecule has 2 unspecified atom stereocenters. The number of aromatic nitrogens is 3. The molecule has 0 amide bonds. The Morgan fingerprint density at radius 3 is 3.18 bits per heavy atom. The average Bonchev–Trinajstić information content (AvgIpc) is 3.15. The first kappa shape index (κ1) is 14.0. The van der Waals surface area contributed by atoms with Crippen LogP contribution in [-0.2, 0) is 15.9 Å².